The Hall–Kier alpha value is -0.150. The van der Waals surface area contributed by atoms with Crippen molar-refractivity contribution >= 4 is 17.2 Å². The molecule has 2 atom stereocenters. The third-order valence-corrected chi connectivity index (χ3v) is 3.25. The van der Waals surface area contributed by atoms with Crippen LogP contribution in [0.4, 0.5) is 0 Å². The topological polar surface area (TPSA) is 35.2 Å². The van der Waals surface area contributed by atoms with Gasteiger partial charge in [0.2, 0.25) is 0 Å². The summed E-state index contributed by atoms with van der Waals surface area (Å²) in [6.45, 7) is 7.65. The van der Waals surface area contributed by atoms with Crippen molar-refractivity contribution in [1.82, 2.24) is 0 Å². The van der Waals surface area contributed by atoms with Crippen LogP contribution < -0.4 is 5.73 Å². The van der Waals surface area contributed by atoms with Crippen molar-refractivity contribution in [2.75, 3.05) is 6.61 Å². The summed E-state index contributed by atoms with van der Waals surface area (Å²) in [5, 5.41) is 0. The normalized spacial score (nSPS) is 30.1. The van der Waals surface area contributed by atoms with E-state index in [2.05, 4.69) is 20.8 Å². The molecule has 15 heavy (non-hydrogen) atoms. The van der Waals surface area contributed by atoms with Crippen LogP contribution in [0.3, 0.4) is 0 Å². The first-order chi connectivity index (χ1) is 6.89. The highest BCUT2D eigenvalue weighted by Gasteiger charge is 2.32. The number of hydrogen-bond acceptors (Lipinski definition) is 2. The average Bonchev–Trinajstić information content (AvgIpc) is 1.98. The zero-order valence-corrected chi connectivity index (χ0v) is 10.9. The molecule has 2 unspecified atom stereocenters. The SMILES string of the molecule is CC1CC(OCCC(N)=S)CC(C)(C)C1. The predicted molar refractivity (Wildman–Crippen MR) is 67.9 cm³/mol. The van der Waals surface area contributed by atoms with E-state index in [1.807, 2.05) is 0 Å². The molecule has 0 amide bonds. The number of ether oxygens (including phenoxy) is 1. The van der Waals surface area contributed by atoms with Gasteiger partial charge in [-0.1, -0.05) is 33.0 Å². The Kier molecular flexibility index (Phi) is 4.53. The predicted octanol–water partition coefficient (Wildman–Crippen LogP) is 2.89. The molecular formula is C12H23NOS. The molecule has 88 valence electrons. The van der Waals surface area contributed by atoms with Crippen molar-refractivity contribution in [3.05, 3.63) is 0 Å². The van der Waals surface area contributed by atoms with Gasteiger partial charge in [-0.2, -0.15) is 0 Å². The smallest absolute Gasteiger partial charge is 0.0750 e. The van der Waals surface area contributed by atoms with Crippen molar-refractivity contribution in [2.45, 2.75) is 52.6 Å². The fourth-order valence-electron chi connectivity index (χ4n) is 2.71. The van der Waals surface area contributed by atoms with Gasteiger partial charge in [0.1, 0.15) is 0 Å². The largest absolute Gasteiger partial charge is 0.393 e. The maximum Gasteiger partial charge on any atom is 0.0750 e. The average molecular weight is 229 g/mol. The second-order valence-corrected chi connectivity index (χ2v) is 6.15. The third-order valence-electron chi connectivity index (χ3n) is 3.05. The molecule has 0 spiro atoms. The molecule has 3 heteroatoms. The zero-order chi connectivity index (χ0) is 11.5. The number of rotatable bonds is 4. The fourth-order valence-corrected chi connectivity index (χ4v) is 2.79. The second kappa shape index (κ2) is 5.26. The van der Waals surface area contributed by atoms with Crippen molar-refractivity contribution in [1.29, 1.82) is 0 Å². The van der Waals surface area contributed by atoms with Crippen LogP contribution >= 0.6 is 12.2 Å². The summed E-state index contributed by atoms with van der Waals surface area (Å²) in [5.41, 5.74) is 5.86. The minimum absolute atomic E-state index is 0.401. The first kappa shape index (κ1) is 12.9. The van der Waals surface area contributed by atoms with E-state index in [0.29, 0.717) is 29.5 Å². The van der Waals surface area contributed by atoms with Crippen molar-refractivity contribution in [3.63, 3.8) is 0 Å². The van der Waals surface area contributed by atoms with E-state index in [9.17, 15) is 0 Å². The second-order valence-electron chi connectivity index (χ2n) is 5.62. The molecule has 2 nitrogen and oxygen atoms in total. The van der Waals surface area contributed by atoms with Crippen LogP contribution in [0.25, 0.3) is 0 Å². The number of thiocarbonyl (C=S) groups is 1. The van der Waals surface area contributed by atoms with Crippen molar-refractivity contribution in [2.24, 2.45) is 17.1 Å². The van der Waals surface area contributed by atoms with E-state index in [4.69, 9.17) is 22.7 Å². The summed E-state index contributed by atoms with van der Waals surface area (Å²) in [6, 6.07) is 0. The summed E-state index contributed by atoms with van der Waals surface area (Å²) in [4.78, 5) is 0.554. The van der Waals surface area contributed by atoms with E-state index in [1.165, 1.54) is 12.8 Å². The number of hydrogen-bond donors (Lipinski definition) is 1. The lowest BCUT2D eigenvalue weighted by atomic mass is 9.71. The Labute approximate surface area is 98.6 Å². The molecule has 0 aromatic heterocycles. The molecular weight excluding hydrogens is 206 g/mol. The Morgan fingerprint density at radius 3 is 2.67 bits per heavy atom. The standard InChI is InChI=1S/C12H23NOS/c1-9-6-10(8-12(2,3)7-9)14-5-4-11(13)15/h9-10H,4-8H2,1-3H3,(H2,13,15). The van der Waals surface area contributed by atoms with Gasteiger partial charge in [0.25, 0.3) is 0 Å². The highest BCUT2D eigenvalue weighted by Crippen LogP contribution is 2.39. The molecule has 0 saturated heterocycles. The van der Waals surface area contributed by atoms with Gasteiger partial charge in [0.05, 0.1) is 17.7 Å². The molecule has 0 bridgehead atoms. The summed E-state index contributed by atoms with van der Waals surface area (Å²) in [6.07, 6.45) is 4.76. The summed E-state index contributed by atoms with van der Waals surface area (Å²) in [7, 11) is 0. The Morgan fingerprint density at radius 1 is 1.47 bits per heavy atom. The van der Waals surface area contributed by atoms with Crippen LogP contribution in [-0.4, -0.2) is 17.7 Å². The fraction of sp³-hybridized carbons (Fsp3) is 0.917. The van der Waals surface area contributed by atoms with Crippen LogP contribution in [-0.2, 0) is 4.74 Å². The lowest BCUT2D eigenvalue weighted by molar-refractivity contribution is -0.0199. The van der Waals surface area contributed by atoms with Gasteiger partial charge in [-0.15, -0.1) is 0 Å². The minimum atomic E-state index is 0.401. The van der Waals surface area contributed by atoms with Gasteiger partial charge in [0, 0.05) is 6.42 Å². The Morgan fingerprint density at radius 2 is 2.13 bits per heavy atom. The molecule has 0 heterocycles. The van der Waals surface area contributed by atoms with E-state index >= 15 is 0 Å². The van der Waals surface area contributed by atoms with Gasteiger partial charge in [-0.3, -0.25) is 0 Å². The van der Waals surface area contributed by atoms with Gasteiger partial charge in [-0.05, 0) is 30.6 Å². The maximum atomic E-state index is 5.83. The molecule has 1 aliphatic carbocycles. The first-order valence-electron chi connectivity index (χ1n) is 5.79. The summed E-state index contributed by atoms with van der Waals surface area (Å²) < 4.78 is 5.83. The van der Waals surface area contributed by atoms with Crippen LogP contribution in [0.1, 0.15) is 46.5 Å². The van der Waals surface area contributed by atoms with E-state index in [-0.39, 0.29) is 0 Å². The van der Waals surface area contributed by atoms with E-state index in [1.54, 1.807) is 0 Å². The highest BCUT2D eigenvalue weighted by atomic mass is 32.1. The van der Waals surface area contributed by atoms with Crippen LogP contribution in [0, 0.1) is 11.3 Å². The minimum Gasteiger partial charge on any atom is -0.393 e. The molecule has 0 aliphatic heterocycles. The molecule has 1 saturated carbocycles. The van der Waals surface area contributed by atoms with Gasteiger partial charge in [-0.25, -0.2) is 0 Å². The molecule has 2 N–H and O–H groups in total. The Balaban J connectivity index is 2.32. The third kappa shape index (κ3) is 4.94. The molecule has 1 fully saturated rings. The van der Waals surface area contributed by atoms with E-state index < -0.39 is 0 Å². The van der Waals surface area contributed by atoms with Gasteiger partial charge in [0.15, 0.2) is 0 Å². The monoisotopic (exact) mass is 229 g/mol. The summed E-state index contributed by atoms with van der Waals surface area (Å²) in [5.74, 6) is 0.767. The Bertz CT molecular complexity index is 228. The van der Waals surface area contributed by atoms with Gasteiger partial charge >= 0.3 is 0 Å². The van der Waals surface area contributed by atoms with E-state index in [0.717, 1.165) is 12.3 Å². The molecule has 0 radical (unpaired) electrons. The number of nitrogens with two attached hydrogens (primary N) is 1. The molecule has 1 rings (SSSR count). The highest BCUT2D eigenvalue weighted by molar-refractivity contribution is 7.80. The van der Waals surface area contributed by atoms with Gasteiger partial charge < -0.3 is 10.5 Å². The lowest BCUT2D eigenvalue weighted by Gasteiger charge is -2.38. The zero-order valence-electron chi connectivity index (χ0n) is 10.1. The molecule has 0 aromatic rings. The van der Waals surface area contributed by atoms with Crippen LogP contribution in [0.5, 0.6) is 0 Å². The maximum absolute atomic E-state index is 5.83. The first-order valence-corrected chi connectivity index (χ1v) is 6.20. The molecule has 1 aliphatic rings. The van der Waals surface area contributed by atoms with Crippen LogP contribution in [0.15, 0.2) is 0 Å². The summed E-state index contributed by atoms with van der Waals surface area (Å²) >= 11 is 4.83. The lowest BCUT2D eigenvalue weighted by Crippen LogP contribution is -2.33. The van der Waals surface area contributed by atoms with Crippen LogP contribution in [0.2, 0.25) is 0 Å². The van der Waals surface area contributed by atoms with Crippen molar-refractivity contribution < 1.29 is 4.74 Å². The quantitative estimate of drug-likeness (QED) is 0.753. The molecule has 0 aromatic carbocycles. The van der Waals surface area contributed by atoms with Crippen molar-refractivity contribution in [3.8, 4) is 0 Å².